The first-order valence-electron chi connectivity index (χ1n) is 4.80. The second-order valence-corrected chi connectivity index (χ2v) is 8.04. The van der Waals surface area contributed by atoms with Gasteiger partial charge in [0.25, 0.3) is 10.0 Å². The van der Waals surface area contributed by atoms with E-state index in [9.17, 15) is 13.2 Å². The molecule has 0 aliphatic carbocycles. The number of rotatable bonds is 5. The molecule has 0 unspecified atom stereocenters. The Hall–Kier alpha value is -0.440. The Labute approximate surface area is 113 Å². The Bertz CT molecular complexity index is 498. The van der Waals surface area contributed by atoms with Crippen molar-refractivity contribution in [3.8, 4) is 0 Å². The van der Waals surface area contributed by atoms with Crippen LogP contribution in [0, 0.1) is 0 Å². The Kier molecular flexibility index (Phi) is 5.11. The lowest BCUT2D eigenvalue weighted by Gasteiger charge is -2.15. The smallest absolute Gasteiger partial charge is 0.252 e. The van der Waals surface area contributed by atoms with Gasteiger partial charge in [0.05, 0.1) is 3.79 Å². The third-order valence-corrected chi connectivity index (χ3v) is 6.09. The van der Waals surface area contributed by atoms with Crippen LogP contribution in [-0.2, 0) is 14.8 Å². The van der Waals surface area contributed by atoms with Gasteiger partial charge in [-0.2, -0.15) is 4.31 Å². The first-order chi connectivity index (χ1) is 7.87. The minimum atomic E-state index is -3.48. The monoisotopic (exact) mass is 340 g/mol. The van der Waals surface area contributed by atoms with E-state index in [-0.39, 0.29) is 23.1 Å². The van der Waals surface area contributed by atoms with Crippen molar-refractivity contribution in [2.75, 3.05) is 20.6 Å². The summed E-state index contributed by atoms with van der Waals surface area (Å²) in [6.07, 6.45) is 0.152. The Balaban J connectivity index is 2.74. The molecule has 0 aromatic carbocycles. The molecule has 0 aliphatic heterocycles. The molecule has 0 atom stereocenters. The van der Waals surface area contributed by atoms with E-state index in [0.717, 1.165) is 15.1 Å². The van der Waals surface area contributed by atoms with Gasteiger partial charge in [-0.15, -0.1) is 11.3 Å². The van der Waals surface area contributed by atoms with Crippen LogP contribution in [0.15, 0.2) is 20.1 Å². The first kappa shape index (κ1) is 14.6. The van der Waals surface area contributed by atoms with Crippen molar-refractivity contribution in [1.29, 1.82) is 0 Å². The summed E-state index contributed by atoms with van der Waals surface area (Å²) in [6.45, 7) is 0.164. The minimum absolute atomic E-state index is 0.152. The van der Waals surface area contributed by atoms with Gasteiger partial charge >= 0.3 is 0 Å². The number of hydrogen-bond acceptors (Lipinski definition) is 4. The number of nitrogens with one attached hydrogen (secondary N) is 1. The van der Waals surface area contributed by atoms with Crippen LogP contribution in [0.3, 0.4) is 0 Å². The molecule has 0 fully saturated rings. The van der Waals surface area contributed by atoms with Crippen LogP contribution in [0.25, 0.3) is 0 Å². The van der Waals surface area contributed by atoms with Gasteiger partial charge in [0.2, 0.25) is 5.91 Å². The lowest BCUT2D eigenvalue weighted by molar-refractivity contribution is -0.120. The molecular formula is C9H13BrN2O3S2. The fourth-order valence-electron chi connectivity index (χ4n) is 1.09. The lowest BCUT2D eigenvalue weighted by atomic mass is 10.4. The van der Waals surface area contributed by atoms with Crippen molar-refractivity contribution >= 4 is 43.2 Å². The molecule has 1 aromatic rings. The maximum Gasteiger partial charge on any atom is 0.252 e. The third-order valence-electron chi connectivity index (χ3n) is 2.15. The van der Waals surface area contributed by atoms with E-state index in [1.54, 1.807) is 12.1 Å². The number of amides is 1. The summed E-state index contributed by atoms with van der Waals surface area (Å²) in [4.78, 5) is 11.0. The highest BCUT2D eigenvalue weighted by molar-refractivity contribution is 9.11. The molecule has 0 spiro atoms. The van der Waals surface area contributed by atoms with Crippen molar-refractivity contribution in [3.05, 3.63) is 15.9 Å². The van der Waals surface area contributed by atoms with E-state index >= 15 is 0 Å². The summed E-state index contributed by atoms with van der Waals surface area (Å²) in [5.74, 6) is -0.181. The normalized spacial score (nSPS) is 11.8. The fraction of sp³-hybridized carbons (Fsp3) is 0.444. The standard InChI is InChI=1S/C9H13BrN2O3S2/c1-11-8(13)5-6-12(2)17(14,15)9-4-3-7(10)16-9/h3-4H,5-6H2,1-2H3,(H,11,13). The zero-order chi connectivity index (χ0) is 13.1. The van der Waals surface area contributed by atoms with Gasteiger partial charge < -0.3 is 5.32 Å². The third kappa shape index (κ3) is 3.77. The summed E-state index contributed by atoms with van der Waals surface area (Å²) >= 11 is 4.37. The van der Waals surface area contributed by atoms with Crippen LogP contribution in [0.2, 0.25) is 0 Å². The van der Waals surface area contributed by atoms with Crippen LogP contribution in [0.5, 0.6) is 0 Å². The average Bonchev–Trinajstić information content (AvgIpc) is 2.72. The number of sulfonamides is 1. The zero-order valence-electron chi connectivity index (χ0n) is 9.44. The second kappa shape index (κ2) is 5.94. The van der Waals surface area contributed by atoms with Crippen molar-refractivity contribution in [2.24, 2.45) is 0 Å². The van der Waals surface area contributed by atoms with Crippen LogP contribution in [0.4, 0.5) is 0 Å². The lowest BCUT2D eigenvalue weighted by Crippen LogP contribution is -2.31. The molecule has 0 bridgehead atoms. The molecule has 8 heteroatoms. The molecule has 1 N–H and O–H groups in total. The first-order valence-corrected chi connectivity index (χ1v) is 7.85. The number of nitrogens with zero attached hydrogens (tertiary/aromatic N) is 1. The van der Waals surface area contributed by atoms with Gasteiger partial charge in [0, 0.05) is 27.1 Å². The van der Waals surface area contributed by atoms with E-state index in [0.29, 0.717) is 0 Å². The highest BCUT2D eigenvalue weighted by Gasteiger charge is 2.22. The molecule has 0 aliphatic rings. The molecule has 96 valence electrons. The van der Waals surface area contributed by atoms with Crippen molar-refractivity contribution in [1.82, 2.24) is 9.62 Å². The summed E-state index contributed by atoms with van der Waals surface area (Å²) in [5.41, 5.74) is 0. The Morgan fingerprint density at radius 3 is 2.65 bits per heavy atom. The Morgan fingerprint density at radius 2 is 2.18 bits per heavy atom. The molecule has 5 nitrogen and oxygen atoms in total. The number of hydrogen-bond donors (Lipinski definition) is 1. The number of thiophene rings is 1. The van der Waals surface area contributed by atoms with Crippen LogP contribution >= 0.6 is 27.3 Å². The molecular weight excluding hydrogens is 328 g/mol. The van der Waals surface area contributed by atoms with E-state index in [1.807, 2.05) is 0 Å². The fourth-order valence-corrected chi connectivity index (χ4v) is 4.49. The maximum atomic E-state index is 12.0. The molecule has 1 amide bonds. The molecule has 1 rings (SSSR count). The van der Waals surface area contributed by atoms with E-state index in [1.165, 1.54) is 18.4 Å². The van der Waals surface area contributed by atoms with Gasteiger partial charge in [-0.25, -0.2) is 8.42 Å². The van der Waals surface area contributed by atoms with E-state index in [4.69, 9.17) is 0 Å². The molecule has 17 heavy (non-hydrogen) atoms. The quantitative estimate of drug-likeness (QED) is 0.877. The van der Waals surface area contributed by atoms with E-state index in [2.05, 4.69) is 21.2 Å². The predicted molar refractivity (Wildman–Crippen MR) is 70.5 cm³/mol. The average molecular weight is 341 g/mol. The molecule has 0 saturated carbocycles. The van der Waals surface area contributed by atoms with Crippen LogP contribution in [-0.4, -0.2) is 39.3 Å². The molecule has 0 radical (unpaired) electrons. The second-order valence-electron chi connectivity index (χ2n) is 3.31. The van der Waals surface area contributed by atoms with Gasteiger partial charge in [0.1, 0.15) is 4.21 Å². The number of carbonyl (C=O) groups excluding carboxylic acids is 1. The summed E-state index contributed by atoms with van der Waals surface area (Å²) in [6, 6.07) is 3.23. The van der Waals surface area contributed by atoms with Gasteiger partial charge in [-0.1, -0.05) is 0 Å². The number of halogens is 1. The summed E-state index contributed by atoms with van der Waals surface area (Å²) in [7, 11) is -0.495. The van der Waals surface area contributed by atoms with Crippen molar-refractivity contribution < 1.29 is 13.2 Å². The van der Waals surface area contributed by atoms with E-state index < -0.39 is 10.0 Å². The molecule has 0 saturated heterocycles. The van der Waals surface area contributed by atoms with Gasteiger partial charge in [-0.3, -0.25) is 4.79 Å². The van der Waals surface area contributed by atoms with Crippen LogP contribution < -0.4 is 5.32 Å². The van der Waals surface area contributed by atoms with Crippen molar-refractivity contribution in [2.45, 2.75) is 10.6 Å². The highest BCUT2D eigenvalue weighted by Crippen LogP contribution is 2.27. The SMILES string of the molecule is CNC(=O)CCN(C)S(=O)(=O)c1ccc(Br)s1. The minimum Gasteiger partial charge on any atom is -0.359 e. The summed E-state index contributed by atoms with van der Waals surface area (Å²) in [5, 5.41) is 2.45. The zero-order valence-corrected chi connectivity index (χ0v) is 12.7. The maximum absolute atomic E-state index is 12.0. The highest BCUT2D eigenvalue weighted by atomic mass is 79.9. The summed E-state index contributed by atoms with van der Waals surface area (Å²) < 4.78 is 26.3. The van der Waals surface area contributed by atoms with Crippen LogP contribution in [0.1, 0.15) is 6.42 Å². The molecule has 1 heterocycles. The largest absolute Gasteiger partial charge is 0.359 e. The Morgan fingerprint density at radius 1 is 1.53 bits per heavy atom. The topological polar surface area (TPSA) is 66.5 Å². The predicted octanol–water partition coefficient (Wildman–Crippen LogP) is 1.27. The van der Waals surface area contributed by atoms with Crippen molar-refractivity contribution in [3.63, 3.8) is 0 Å². The molecule has 1 aromatic heterocycles. The van der Waals surface area contributed by atoms with Gasteiger partial charge in [0.15, 0.2) is 0 Å². The number of carbonyl (C=O) groups is 1. The van der Waals surface area contributed by atoms with Gasteiger partial charge in [-0.05, 0) is 28.1 Å².